The Labute approximate surface area is 126 Å². The Kier molecular flexibility index (Phi) is 5.28. The Morgan fingerprint density at radius 3 is 2.33 bits per heavy atom. The Morgan fingerprint density at radius 1 is 1.05 bits per heavy atom. The highest BCUT2D eigenvalue weighted by atomic mass is 16.5. The van der Waals surface area contributed by atoms with Crippen molar-refractivity contribution in [1.29, 1.82) is 0 Å². The van der Waals surface area contributed by atoms with Gasteiger partial charge >= 0.3 is 0 Å². The van der Waals surface area contributed by atoms with E-state index in [0.717, 1.165) is 17.1 Å². The Bertz CT molecular complexity index is 549. The number of hydrogen-bond acceptors (Lipinski definition) is 4. The van der Waals surface area contributed by atoms with E-state index < -0.39 is 0 Å². The summed E-state index contributed by atoms with van der Waals surface area (Å²) in [5, 5.41) is 3.45. The molecule has 4 nitrogen and oxygen atoms in total. The molecule has 0 aliphatic rings. The number of nitrogens with one attached hydrogen (secondary N) is 1. The Hall–Kier alpha value is -1.94. The normalized spacial score (nSPS) is 12.4. The molecule has 2 aromatic rings. The minimum Gasteiger partial charge on any atom is -0.491 e. The standard InChI is InChI=1S/C17H23N3O/c1-12(2)21-17-7-5-15(6-8-17)14(4)19-11-16-10-18-13(3)9-20-16/h5-10,12,14,19H,11H2,1-4H3. The van der Waals surface area contributed by atoms with Gasteiger partial charge in [0.05, 0.1) is 17.5 Å². The van der Waals surface area contributed by atoms with Crippen LogP contribution in [0.3, 0.4) is 0 Å². The summed E-state index contributed by atoms with van der Waals surface area (Å²) >= 11 is 0. The maximum absolute atomic E-state index is 5.65. The van der Waals surface area contributed by atoms with Crippen molar-refractivity contribution >= 4 is 0 Å². The summed E-state index contributed by atoms with van der Waals surface area (Å²) in [4.78, 5) is 8.60. The molecule has 0 saturated heterocycles. The van der Waals surface area contributed by atoms with Crippen molar-refractivity contribution in [3.05, 3.63) is 53.6 Å². The van der Waals surface area contributed by atoms with Gasteiger partial charge < -0.3 is 10.1 Å². The number of nitrogens with zero attached hydrogens (tertiary/aromatic N) is 2. The summed E-state index contributed by atoms with van der Waals surface area (Å²) in [6, 6.07) is 8.46. The molecule has 1 aromatic carbocycles. The molecule has 0 bridgehead atoms. The van der Waals surface area contributed by atoms with Gasteiger partial charge in [0.15, 0.2) is 0 Å². The number of aryl methyl sites for hydroxylation is 1. The summed E-state index contributed by atoms with van der Waals surface area (Å²) in [5.41, 5.74) is 3.12. The first-order valence-electron chi connectivity index (χ1n) is 7.32. The fraction of sp³-hybridized carbons (Fsp3) is 0.412. The lowest BCUT2D eigenvalue weighted by Crippen LogP contribution is -2.19. The maximum Gasteiger partial charge on any atom is 0.119 e. The lowest BCUT2D eigenvalue weighted by Gasteiger charge is -2.15. The van der Waals surface area contributed by atoms with E-state index in [4.69, 9.17) is 4.74 Å². The summed E-state index contributed by atoms with van der Waals surface area (Å²) < 4.78 is 5.65. The van der Waals surface area contributed by atoms with E-state index in [1.54, 1.807) is 6.20 Å². The van der Waals surface area contributed by atoms with Crippen molar-refractivity contribution in [1.82, 2.24) is 15.3 Å². The number of rotatable bonds is 6. The Balaban J connectivity index is 1.90. The minimum absolute atomic E-state index is 0.200. The van der Waals surface area contributed by atoms with E-state index in [-0.39, 0.29) is 12.1 Å². The smallest absolute Gasteiger partial charge is 0.119 e. The molecular weight excluding hydrogens is 262 g/mol. The topological polar surface area (TPSA) is 47.0 Å². The number of benzene rings is 1. The van der Waals surface area contributed by atoms with Crippen molar-refractivity contribution in [3.8, 4) is 5.75 Å². The highest BCUT2D eigenvalue weighted by Gasteiger charge is 2.06. The third kappa shape index (κ3) is 4.83. The molecule has 0 amide bonds. The van der Waals surface area contributed by atoms with Gasteiger partial charge in [-0.2, -0.15) is 0 Å². The molecule has 0 aliphatic heterocycles. The van der Waals surface area contributed by atoms with Crippen molar-refractivity contribution in [2.24, 2.45) is 0 Å². The fourth-order valence-electron chi connectivity index (χ4n) is 1.99. The summed E-state index contributed by atoms with van der Waals surface area (Å²) in [6.45, 7) is 8.84. The van der Waals surface area contributed by atoms with Crippen LogP contribution in [-0.2, 0) is 6.54 Å². The average molecular weight is 285 g/mol. The quantitative estimate of drug-likeness (QED) is 0.883. The lowest BCUT2D eigenvalue weighted by atomic mass is 10.1. The van der Waals surface area contributed by atoms with Crippen LogP contribution in [-0.4, -0.2) is 16.1 Å². The first kappa shape index (κ1) is 15.4. The van der Waals surface area contributed by atoms with Crippen LogP contribution >= 0.6 is 0 Å². The molecule has 4 heteroatoms. The molecule has 2 rings (SSSR count). The van der Waals surface area contributed by atoms with Crippen LogP contribution in [0.15, 0.2) is 36.7 Å². The van der Waals surface area contributed by atoms with Crippen LogP contribution in [0.25, 0.3) is 0 Å². The molecule has 0 fully saturated rings. The molecular formula is C17H23N3O. The summed E-state index contributed by atoms with van der Waals surface area (Å²) in [7, 11) is 0. The van der Waals surface area contributed by atoms with Gasteiger partial charge in [0.25, 0.3) is 0 Å². The average Bonchev–Trinajstić information content (AvgIpc) is 2.46. The van der Waals surface area contributed by atoms with Crippen LogP contribution in [0.1, 0.15) is 43.8 Å². The van der Waals surface area contributed by atoms with Crippen LogP contribution < -0.4 is 10.1 Å². The predicted molar refractivity (Wildman–Crippen MR) is 84.2 cm³/mol. The molecule has 1 aromatic heterocycles. The monoisotopic (exact) mass is 285 g/mol. The lowest BCUT2D eigenvalue weighted by molar-refractivity contribution is 0.242. The number of hydrogen-bond donors (Lipinski definition) is 1. The van der Waals surface area contributed by atoms with Gasteiger partial charge in [0, 0.05) is 25.0 Å². The molecule has 0 saturated carbocycles. The highest BCUT2D eigenvalue weighted by molar-refractivity contribution is 5.29. The highest BCUT2D eigenvalue weighted by Crippen LogP contribution is 2.18. The SMILES string of the molecule is Cc1cnc(CNC(C)c2ccc(OC(C)C)cc2)cn1. The molecule has 1 N–H and O–H groups in total. The predicted octanol–water partition coefficient (Wildman–Crippen LogP) is 3.42. The van der Waals surface area contributed by atoms with E-state index in [9.17, 15) is 0 Å². The van der Waals surface area contributed by atoms with Gasteiger partial charge in [0.2, 0.25) is 0 Å². The molecule has 1 unspecified atom stereocenters. The molecule has 0 radical (unpaired) electrons. The van der Waals surface area contributed by atoms with E-state index in [0.29, 0.717) is 6.54 Å². The van der Waals surface area contributed by atoms with Gasteiger partial charge in [-0.05, 0) is 45.4 Å². The molecule has 1 heterocycles. The van der Waals surface area contributed by atoms with Gasteiger partial charge in [-0.3, -0.25) is 9.97 Å². The second kappa shape index (κ2) is 7.18. The van der Waals surface area contributed by atoms with Crippen molar-refractivity contribution < 1.29 is 4.74 Å². The zero-order valence-corrected chi connectivity index (χ0v) is 13.1. The molecule has 0 spiro atoms. The van der Waals surface area contributed by atoms with Crippen molar-refractivity contribution in [3.63, 3.8) is 0 Å². The zero-order valence-electron chi connectivity index (χ0n) is 13.1. The minimum atomic E-state index is 0.200. The second-order valence-electron chi connectivity index (χ2n) is 5.49. The zero-order chi connectivity index (χ0) is 15.2. The van der Waals surface area contributed by atoms with Gasteiger partial charge in [-0.25, -0.2) is 0 Å². The molecule has 21 heavy (non-hydrogen) atoms. The van der Waals surface area contributed by atoms with Gasteiger partial charge in [-0.1, -0.05) is 12.1 Å². The third-order valence-electron chi connectivity index (χ3n) is 3.18. The first-order chi connectivity index (χ1) is 10.0. The second-order valence-corrected chi connectivity index (χ2v) is 5.49. The number of aromatic nitrogens is 2. The van der Waals surface area contributed by atoms with Crippen LogP contribution in [0.4, 0.5) is 0 Å². The van der Waals surface area contributed by atoms with Crippen LogP contribution in [0.5, 0.6) is 5.75 Å². The molecule has 1 atom stereocenters. The van der Waals surface area contributed by atoms with Crippen LogP contribution in [0, 0.1) is 6.92 Å². The van der Waals surface area contributed by atoms with Gasteiger partial charge in [-0.15, -0.1) is 0 Å². The van der Waals surface area contributed by atoms with Gasteiger partial charge in [0.1, 0.15) is 5.75 Å². The van der Waals surface area contributed by atoms with E-state index >= 15 is 0 Å². The Morgan fingerprint density at radius 2 is 1.76 bits per heavy atom. The summed E-state index contributed by atoms with van der Waals surface area (Å²) in [5.74, 6) is 0.908. The summed E-state index contributed by atoms with van der Waals surface area (Å²) in [6.07, 6.45) is 3.81. The maximum atomic E-state index is 5.65. The van der Waals surface area contributed by atoms with E-state index in [2.05, 4.69) is 34.3 Å². The molecule has 112 valence electrons. The van der Waals surface area contributed by atoms with E-state index in [1.165, 1.54) is 5.56 Å². The first-order valence-corrected chi connectivity index (χ1v) is 7.32. The largest absolute Gasteiger partial charge is 0.491 e. The fourth-order valence-corrected chi connectivity index (χ4v) is 1.99. The van der Waals surface area contributed by atoms with Crippen molar-refractivity contribution in [2.45, 2.75) is 46.4 Å². The van der Waals surface area contributed by atoms with Crippen LogP contribution in [0.2, 0.25) is 0 Å². The number of ether oxygens (including phenoxy) is 1. The third-order valence-corrected chi connectivity index (χ3v) is 3.18. The molecule has 0 aliphatic carbocycles. The van der Waals surface area contributed by atoms with E-state index in [1.807, 2.05) is 39.1 Å². The van der Waals surface area contributed by atoms with Crippen molar-refractivity contribution in [2.75, 3.05) is 0 Å².